The molecule has 7 heteroatoms. The van der Waals surface area contributed by atoms with Gasteiger partial charge in [-0.05, 0) is 60.3 Å². The molecule has 0 spiro atoms. The van der Waals surface area contributed by atoms with Crippen LogP contribution in [0.1, 0.15) is 36.6 Å². The predicted octanol–water partition coefficient (Wildman–Crippen LogP) is 4.74. The number of carbonyl (C=O) groups is 4. The minimum Gasteiger partial charge on any atom is -0.452 e. The number of amides is 3. The summed E-state index contributed by atoms with van der Waals surface area (Å²) >= 11 is 0. The molecule has 1 heterocycles. The van der Waals surface area contributed by atoms with Crippen molar-refractivity contribution in [1.29, 1.82) is 0 Å². The van der Waals surface area contributed by atoms with Crippen LogP contribution in [0.4, 0.5) is 11.4 Å². The van der Waals surface area contributed by atoms with Gasteiger partial charge in [-0.2, -0.15) is 0 Å². The molecule has 0 saturated heterocycles. The Bertz CT molecular complexity index is 1460. The maximum Gasteiger partial charge on any atom is 0.338 e. The second kappa shape index (κ2) is 8.87. The lowest BCUT2D eigenvalue weighted by molar-refractivity contribution is -0.119. The van der Waals surface area contributed by atoms with Crippen molar-refractivity contribution in [2.75, 3.05) is 16.8 Å². The van der Waals surface area contributed by atoms with E-state index in [0.717, 1.165) is 15.8 Å². The summed E-state index contributed by atoms with van der Waals surface area (Å²) in [6, 6.07) is 23.9. The first-order valence-electron chi connectivity index (χ1n) is 11.0. The molecule has 5 rings (SSSR count). The number of imide groups is 1. The van der Waals surface area contributed by atoms with Gasteiger partial charge in [0.25, 0.3) is 17.7 Å². The molecule has 1 aliphatic heterocycles. The first-order chi connectivity index (χ1) is 16.9. The van der Waals surface area contributed by atoms with E-state index in [9.17, 15) is 19.2 Å². The van der Waals surface area contributed by atoms with Crippen molar-refractivity contribution in [2.45, 2.75) is 6.92 Å². The number of aryl methyl sites for hydroxylation is 1. The Morgan fingerprint density at radius 1 is 0.800 bits per heavy atom. The van der Waals surface area contributed by atoms with Crippen LogP contribution in [0.5, 0.6) is 0 Å². The maximum atomic E-state index is 13.2. The Hall–Kier alpha value is -4.78. The van der Waals surface area contributed by atoms with E-state index in [-0.39, 0.29) is 5.56 Å². The summed E-state index contributed by atoms with van der Waals surface area (Å²) < 4.78 is 5.12. The smallest absolute Gasteiger partial charge is 0.338 e. The molecule has 0 atom stereocenters. The summed E-state index contributed by atoms with van der Waals surface area (Å²) in [4.78, 5) is 52.0. The Labute approximate surface area is 200 Å². The first-order valence-corrected chi connectivity index (χ1v) is 11.0. The molecule has 35 heavy (non-hydrogen) atoms. The number of anilines is 2. The largest absolute Gasteiger partial charge is 0.452 e. The summed E-state index contributed by atoms with van der Waals surface area (Å²) in [6.45, 7) is 1.42. The van der Waals surface area contributed by atoms with Gasteiger partial charge >= 0.3 is 5.97 Å². The number of benzene rings is 4. The minimum absolute atomic E-state index is 0.192. The van der Waals surface area contributed by atoms with E-state index < -0.39 is 30.3 Å². The van der Waals surface area contributed by atoms with Gasteiger partial charge in [0.1, 0.15) is 0 Å². The van der Waals surface area contributed by atoms with Crippen molar-refractivity contribution in [3.8, 4) is 0 Å². The highest BCUT2D eigenvalue weighted by Crippen LogP contribution is 2.32. The van der Waals surface area contributed by atoms with Crippen LogP contribution in [-0.2, 0) is 9.53 Å². The topological polar surface area (TPSA) is 92.8 Å². The van der Waals surface area contributed by atoms with Crippen LogP contribution in [0.3, 0.4) is 0 Å². The van der Waals surface area contributed by atoms with Crippen LogP contribution < -0.4 is 10.2 Å². The van der Waals surface area contributed by atoms with Crippen LogP contribution in [0.15, 0.2) is 84.9 Å². The monoisotopic (exact) mass is 464 g/mol. The van der Waals surface area contributed by atoms with Crippen LogP contribution in [0, 0.1) is 6.92 Å². The third-order valence-electron chi connectivity index (χ3n) is 5.89. The molecule has 1 N–H and O–H groups in total. The van der Waals surface area contributed by atoms with E-state index in [2.05, 4.69) is 5.32 Å². The molecule has 3 amide bonds. The fourth-order valence-electron chi connectivity index (χ4n) is 4.13. The fraction of sp³-hybridized carbons (Fsp3) is 0.0714. The molecule has 0 aromatic heterocycles. The number of nitrogens with one attached hydrogen (secondary N) is 1. The summed E-state index contributed by atoms with van der Waals surface area (Å²) in [5.41, 5.74) is 2.95. The zero-order valence-electron chi connectivity index (χ0n) is 18.8. The summed E-state index contributed by atoms with van der Waals surface area (Å²) in [5, 5.41) is 4.17. The van der Waals surface area contributed by atoms with E-state index in [1.54, 1.807) is 36.4 Å². The molecule has 1 aliphatic rings. The van der Waals surface area contributed by atoms with Gasteiger partial charge in [0.2, 0.25) is 0 Å². The summed E-state index contributed by atoms with van der Waals surface area (Å²) in [6.07, 6.45) is 0. The van der Waals surface area contributed by atoms with Crippen molar-refractivity contribution in [3.63, 3.8) is 0 Å². The highest BCUT2D eigenvalue weighted by atomic mass is 16.5. The first kappa shape index (κ1) is 22.0. The Balaban J connectivity index is 1.29. The number of esters is 1. The number of para-hydroxylation sites is 1. The molecule has 172 valence electrons. The molecule has 7 nitrogen and oxygen atoms in total. The standard InChI is InChI=1S/C28H20N2O5/c1-17-6-2-3-11-23(17)29-24(31)16-35-28(34)19-12-14-20(15-13-19)30-26(32)21-9-4-7-18-8-5-10-22(25(18)21)27(30)33/h2-15H,16H2,1H3,(H,29,31). The van der Waals surface area contributed by atoms with Crippen molar-refractivity contribution >= 4 is 45.8 Å². The molecule has 4 aromatic rings. The molecule has 0 radical (unpaired) electrons. The van der Waals surface area contributed by atoms with Crippen molar-refractivity contribution in [3.05, 3.63) is 107 Å². The molecule has 0 saturated carbocycles. The Morgan fingerprint density at radius 2 is 1.43 bits per heavy atom. The quantitative estimate of drug-likeness (QED) is 0.340. The number of carbonyl (C=O) groups excluding carboxylic acids is 4. The van der Waals surface area contributed by atoms with Crippen molar-refractivity contribution < 1.29 is 23.9 Å². The molecular formula is C28H20N2O5. The van der Waals surface area contributed by atoms with Crippen LogP contribution >= 0.6 is 0 Å². The van der Waals surface area contributed by atoms with Gasteiger partial charge in [0.15, 0.2) is 6.61 Å². The third-order valence-corrected chi connectivity index (χ3v) is 5.89. The van der Waals surface area contributed by atoms with Crippen LogP contribution in [-0.4, -0.2) is 30.3 Å². The average molecular weight is 464 g/mol. The predicted molar refractivity (Wildman–Crippen MR) is 132 cm³/mol. The Morgan fingerprint density at radius 3 is 2.06 bits per heavy atom. The molecule has 0 fully saturated rings. The summed E-state index contributed by atoms with van der Waals surface area (Å²) in [5.74, 6) is -2.01. The normalized spacial score (nSPS) is 12.5. The van der Waals surface area contributed by atoms with Gasteiger partial charge in [0.05, 0.1) is 11.3 Å². The Kier molecular flexibility index (Phi) is 5.58. The van der Waals surface area contributed by atoms with Gasteiger partial charge in [-0.3, -0.25) is 14.4 Å². The molecular weight excluding hydrogens is 444 g/mol. The third kappa shape index (κ3) is 4.04. The lowest BCUT2D eigenvalue weighted by atomic mass is 9.94. The SMILES string of the molecule is Cc1ccccc1NC(=O)COC(=O)c1ccc(N2C(=O)c3cccc4cccc(c34)C2=O)cc1. The van der Waals surface area contributed by atoms with E-state index >= 15 is 0 Å². The van der Waals surface area contributed by atoms with E-state index in [1.807, 2.05) is 31.2 Å². The van der Waals surface area contributed by atoms with Gasteiger partial charge in [-0.15, -0.1) is 0 Å². The minimum atomic E-state index is -0.692. The fourth-order valence-corrected chi connectivity index (χ4v) is 4.13. The van der Waals surface area contributed by atoms with Crippen LogP contribution in [0.2, 0.25) is 0 Å². The average Bonchev–Trinajstić information content (AvgIpc) is 2.87. The van der Waals surface area contributed by atoms with Gasteiger partial charge in [0, 0.05) is 22.2 Å². The van der Waals surface area contributed by atoms with E-state index in [4.69, 9.17) is 4.74 Å². The number of hydrogen-bond donors (Lipinski definition) is 1. The number of rotatable bonds is 5. The molecule has 0 unspecified atom stereocenters. The highest BCUT2D eigenvalue weighted by Gasteiger charge is 2.33. The number of ether oxygens (including phenoxy) is 1. The van der Waals surface area contributed by atoms with Gasteiger partial charge in [-0.25, -0.2) is 9.69 Å². The second-order valence-corrected chi connectivity index (χ2v) is 8.14. The second-order valence-electron chi connectivity index (χ2n) is 8.14. The zero-order chi connectivity index (χ0) is 24.5. The lowest BCUT2D eigenvalue weighted by Crippen LogP contribution is -2.40. The van der Waals surface area contributed by atoms with Gasteiger partial charge in [-0.1, -0.05) is 42.5 Å². The van der Waals surface area contributed by atoms with Gasteiger partial charge < -0.3 is 10.1 Å². The highest BCUT2D eigenvalue weighted by molar-refractivity contribution is 6.35. The van der Waals surface area contributed by atoms with Crippen molar-refractivity contribution in [2.24, 2.45) is 0 Å². The maximum absolute atomic E-state index is 13.2. The molecule has 0 bridgehead atoms. The number of hydrogen-bond acceptors (Lipinski definition) is 5. The van der Waals surface area contributed by atoms with E-state index in [1.165, 1.54) is 24.3 Å². The molecule has 0 aliphatic carbocycles. The summed E-state index contributed by atoms with van der Waals surface area (Å²) in [7, 11) is 0. The lowest BCUT2D eigenvalue weighted by Gasteiger charge is -2.27. The zero-order valence-corrected chi connectivity index (χ0v) is 18.8. The molecule has 4 aromatic carbocycles. The van der Waals surface area contributed by atoms with Crippen LogP contribution in [0.25, 0.3) is 10.8 Å². The van der Waals surface area contributed by atoms with E-state index in [0.29, 0.717) is 27.9 Å². The number of nitrogens with zero attached hydrogens (tertiary/aromatic N) is 1. The van der Waals surface area contributed by atoms with Crippen molar-refractivity contribution in [1.82, 2.24) is 0 Å².